The molecular formula is C15H17N5O. The Kier molecular flexibility index (Phi) is 3.68. The van der Waals surface area contributed by atoms with Gasteiger partial charge in [-0.3, -0.25) is 4.40 Å². The van der Waals surface area contributed by atoms with E-state index < -0.39 is 0 Å². The zero-order valence-corrected chi connectivity index (χ0v) is 12.1. The van der Waals surface area contributed by atoms with Crippen LogP contribution in [-0.4, -0.2) is 33.2 Å². The van der Waals surface area contributed by atoms with Crippen molar-refractivity contribution in [2.24, 2.45) is 0 Å². The minimum Gasteiger partial charge on any atom is -0.497 e. The van der Waals surface area contributed by atoms with E-state index in [1.165, 1.54) is 5.56 Å². The zero-order valence-electron chi connectivity index (χ0n) is 12.1. The minimum atomic E-state index is 0.751. The highest BCUT2D eigenvalue weighted by molar-refractivity contribution is 5.61. The second kappa shape index (κ2) is 5.78. The fourth-order valence-electron chi connectivity index (χ4n) is 2.22. The molecule has 2 heterocycles. The Hall–Kier alpha value is -2.63. The third-order valence-corrected chi connectivity index (χ3v) is 3.34. The van der Waals surface area contributed by atoms with Gasteiger partial charge in [0.25, 0.3) is 0 Å². The van der Waals surface area contributed by atoms with E-state index in [4.69, 9.17) is 4.74 Å². The van der Waals surface area contributed by atoms with E-state index in [1.54, 1.807) is 13.3 Å². The Balaban J connectivity index is 1.69. The van der Waals surface area contributed by atoms with E-state index in [2.05, 4.69) is 26.6 Å². The summed E-state index contributed by atoms with van der Waals surface area (Å²) in [7, 11) is 1.68. The van der Waals surface area contributed by atoms with Gasteiger partial charge in [0.2, 0.25) is 5.65 Å². The number of ether oxygens (including phenoxy) is 1. The van der Waals surface area contributed by atoms with Crippen LogP contribution in [0.5, 0.6) is 5.75 Å². The molecule has 0 unspecified atom stereocenters. The number of aryl methyl sites for hydroxylation is 1. The van der Waals surface area contributed by atoms with Crippen LogP contribution in [0.15, 0.2) is 36.7 Å². The van der Waals surface area contributed by atoms with Crippen LogP contribution >= 0.6 is 0 Å². The van der Waals surface area contributed by atoms with Gasteiger partial charge in [-0.25, -0.2) is 4.98 Å². The van der Waals surface area contributed by atoms with Crippen molar-refractivity contribution in [3.05, 3.63) is 48.0 Å². The minimum absolute atomic E-state index is 0.751. The van der Waals surface area contributed by atoms with Gasteiger partial charge in [0.05, 0.1) is 7.11 Å². The van der Waals surface area contributed by atoms with E-state index in [-0.39, 0.29) is 0 Å². The molecule has 6 heteroatoms. The van der Waals surface area contributed by atoms with Crippen LogP contribution in [0.2, 0.25) is 0 Å². The second-order valence-electron chi connectivity index (χ2n) is 4.74. The molecule has 0 aliphatic heterocycles. The van der Waals surface area contributed by atoms with E-state index in [9.17, 15) is 0 Å². The van der Waals surface area contributed by atoms with Crippen LogP contribution in [0.1, 0.15) is 11.4 Å². The molecule has 3 aromatic rings. The molecule has 1 aromatic carbocycles. The highest BCUT2D eigenvalue weighted by atomic mass is 16.5. The van der Waals surface area contributed by atoms with E-state index in [1.807, 2.05) is 35.7 Å². The molecule has 108 valence electrons. The van der Waals surface area contributed by atoms with Crippen LogP contribution in [0.4, 0.5) is 5.82 Å². The third kappa shape index (κ3) is 2.79. The van der Waals surface area contributed by atoms with Gasteiger partial charge in [-0.1, -0.05) is 12.1 Å². The molecule has 2 aromatic heterocycles. The Morgan fingerprint density at radius 1 is 1.29 bits per heavy atom. The van der Waals surface area contributed by atoms with Gasteiger partial charge in [-0.05, 0) is 31.0 Å². The van der Waals surface area contributed by atoms with Crippen molar-refractivity contribution in [1.82, 2.24) is 19.6 Å². The van der Waals surface area contributed by atoms with Crippen LogP contribution in [-0.2, 0) is 6.42 Å². The molecule has 0 spiro atoms. The van der Waals surface area contributed by atoms with Gasteiger partial charge >= 0.3 is 0 Å². The highest BCUT2D eigenvalue weighted by Crippen LogP contribution is 2.14. The molecule has 21 heavy (non-hydrogen) atoms. The Morgan fingerprint density at radius 2 is 2.19 bits per heavy atom. The number of fused-ring (bicyclic) bond motifs is 1. The van der Waals surface area contributed by atoms with Crippen LogP contribution in [0.25, 0.3) is 5.65 Å². The maximum Gasteiger partial charge on any atom is 0.203 e. The third-order valence-electron chi connectivity index (χ3n) is 3.34. The topological polar surface area (TPSA) is 64.3 Å². The number of anilines is 1. The van der Waals surface area contributed by atoms with E-state index >= 15 is 0 Å². The van der Waals surface area contributed by atoms with Gasteiger partial charge in [-0.2, -0.15) is 0 Å². The number of nitrogens with one attached hydrogen (secondary N) is 1. The van der Waals surface area contributed by atoms with Gasteiger partial charge in [0.1, 0.15) is 11.6 Å². The number of rotatable bonds is 5. The average molecular weight is 283 g/mol. The van der Waals surface area contributed by atoms with Gasteiger partial charge in [0, 0.05) is 18.9 Å². The van der Waals surface area contributed by atoms with Gasteiger partial charge in [0.15, 0.2) is 5.82 Å². The van der Waals surface area contributed by atoms with Crippen molar-refractivity contribution in [2.75, 3.05) is 19.0 Å². The number of benzene rings is 1. The second-order valence-corrected chi connectivity index (χ2v) is 4.74. The molecule has 0 fully saturated rings. The zero-order chi connectivity index (χ0) is 14.7. The summed E-state index contributed by atoms with van der Waals surface area (Å²) < 4.78 is 7.14. The Morgan fingerprint density at radius 3 is 3.05 bits per heavy atom. The molecule has 0 atom stereocenters. The van der Waals surface area contributed by atoms with Crippen molar-refractivity contribution >= 4 is 11.5 Å². The molecule has 6 nitrogen and oxygen atoms in total. The number of hydrogen-bond donors (Lipinski definition) is 1. The Labute approximate surface area is 122 Å². The lowest BCUT2D eigenvalue weighted by molar-refractivity contribution is 0.414. The summed E-state index contributed by atoms with van der Waals surface area (Å²) in [5.74, 6) is 2.48. The van der Waals surface area contributed by atoms with Crippen molar-refractivity contribution in [3.8, 4) is 5.75 Å². The quantitative estimate of drug-likeness (QED) is 0.777. The summed E-state index contributed by atoms with van der Waals surface area (Å²) in [6.07, 6.45) is 4.49. The molecule has 0 amide bonds. The first-order chi connectivity index (χ1) is 10.3. The molecular weight excluding hydrogens is 266 g/mol. The number of methoxy groups -OCH3 is 1. The van der Waals surface area contributed by atoms with Crippen molar-refractivity contribution < 1.29 is 4.74 Å². The number of hydrogen-bond acceptors (Lipinski definition) is 5. The first-order valence-corrected chi connectivity index (χ1v) is 6.81. The highest BCUT2D eigenvalue weighted by Gasteiger charge is 2.06. The van der Waals surface area contributed by atoms with Crippen molar-refractivity contribution in [3.63, 3.8) is 0 Å². The Bertz CT molecular complexity index is 753. The molecule has 0 aliphatic rings. The predicted molar refractivity (Wildman–Crippen MR) is 80.7 cm³/mol. The van der Waals surface area contributed by atoms with Crippen molar-refractivity contribution in [2.45, 2.75) is 13.3 Å². The molecule has 3 rings (SSSR count). The van der Waals surface area contributed by atoms with Crippen LogP contribution < -0.4 is 10.1 Å². The lowest BCUT2D eigenvalue weighted by Gasteiger charge is -2.07. The first-order valence-electron chi connectivity index (χ1n) is 6.81. The first kappa shape index (κ1) is 13.4. The van der Waals surface area contributed by atoms with E-state index in [0.29, 0.717) is 0 Å². The fourth-order valence-corrected chi connectivity index (χ4v) is 2.22. The SMILES string of the molecule is COc1cccc(CCNc2nccn3c(C)nnc23)c1. The molecule has 0 saturated heterocycles. The molecule has 0 saturated carbocycles. The van der Waals surface area contributed by atoms with E-state index in [0.717, 1.165) is 36.0 Å². The summed E-state index contributed by atoms with van der Waals surface area (Å²) in [6.45, 7) is 2.69. The average Bonchev–Trinajstić information content (AvgIpc) is 2.90. The lowest BCUT2D eigenvalue weighted by atomic mass is 10.1. The predicted octanol–water partition coefficient (Wildman–Crippen LogP) is 2.10. The molecule has 0 bridgehead atoms. The van der Waals surface area contributed by atoms with Gasteiger partial charge in [-0.15, -0.1) is 10.2 Å². The molecule has 0 aliphatic carbocycles. The summed E-state index contributed by atoms with van der Waals surface area (Å²) in [4.78, 5) is 4.33. The molecule has 0 radical (unpaired) electrons. The maximum absolute atomic E-state index is 5.23. The summed E-state index contributed by atoms with van der Waals surface area (Å²) in [6, 6.07) is 8.06. The normalized spacial score (nSPS) is 10.8. The monoisotopic (exact) mass is 283 g/mol. The maximum atomic E-state index is 5.23. The summed E-state index contributed by atoms with van der Waals surface area (Å²) in [5.41, 5.74) is 1.96. The largest absolute Gasteiger partial charge is 0.497 e. The fraction of sp³-hybridized carbons (Fsp3) is 0.267. The smallest absolute Gasteiger partial charge is 0.203 e. The summed E-state index contributed by atoms with van der Waals surface area (Å²) in [5, 5.41) is 11.5. The number of nitrogens with zero attached hydrogens (tertiary/aromatic N) is 4. The standard InChI is InChI=1S/C15H17N5O/c1-11-18-19-15-14(17-8-9-20(11)15)16-7-6-12-4-3-5-13(10-12)21-2/h3-5,8-10H,6-7H2,1-2H3,(H,16,17). The van der Waals surface area contributed by atoms with Crippen molar-refractivity contribution in [1.29, 1.82) is 0 Å². The number of aromatic nitrogens is 4. The lowest BCUT2D eigenvalue weighted by Crippen LogP contribution is -2.08. The van der Waals surface area contributed by atoms with Crippen LogP contribution in [0.3, 0.4) is 0 Å². The van der Waals surface area contributed by atoms with Crippen LogP contribution in [0, 0.1) is 6.92 Å². The summed E-state index contributed by atoms with van der Waals surface area (Å²) >= 11 is 0. The van der Waals surface area contributed by atoms with Gasteiger partial charge < -0.3 is 10.1 Å². The molecule has 1 N–H and O–H groups in total.